The maximum absolute atomic E-state index is 11.7. The number of benzene rings is 1. The third kappa shape index (κ3) is 4.88. The highest BCUT2D eigenvalue weighted by atomic mass is 35.5. The smallest absolute Gasteiger partial charge is 0.222 e. The van der Waals surface area contributed by atoms with E-state index in [0.29, 0.717) is 30.8 Å². The van der Waals surface area contributed by atoms with Crippen LogP contribution >= 0.6 is 11.6 Å². The zero-order chi connectivity index (χ0) is 12.7. The molecule has 0 aliphatic carbocycles. The van der Waals surface area contributed by atoms with E-state index in [-0.39, 0.29) is 5.91 Å². The van der Waals surface area contributed by atoms with Gasteiger partial charge in [-0.1, -0.05) is 23.7 Å². The minimum absolute atomic E-state index is 0.0650. The molecule has 3 nitrogen and oxygen atoms in total. The van der Waals surface area contributed by atoms with Crippen molar-refractivity contribution in [3.05, 3.63) is 34.9 Å². The lowest BCUT2D eigenvalue weighted by Crippen LogP contribution is -2.27. The van der Waals surface area contributed by atoms with E-state index in [0.717, 1.165) is 5.56 Å². The van der Waals surface area contributed by atoms with E-state index < -0.39 is 0 Å². The number of rotatable bonds is 5. The number of carbonyl (C=O) groups is 1. The average molecular weight is 251 g/mol. The van der Waals surface area contributed by atoms with Gasteiger partial charge < -0.3 is 4.90 Å². The van der Waals surface area contributed by atoms with Gasteiger partial charge in [-0.2, -0.15) is 5.26 Å². The molecule has 0 aliphatic rings. The topological polar surface area (TPSA) is 44.1 Å². The van der Waals surface area contributed by atoms with Crippen molar-refractivity contribution in [1.29, 1.82) is 5.26 Å². The highest BCUT2D eigenvalue weighted by Crippen LogP contribution is 2.11. The Hall–Kier alpha value is -1.53. The van der Waals surface area contributed by atoms with Crippen molar-refractivity contribution in [2.75, 3.05) is 13.6 Å². The molecule has 0 aliphatic heterocycles. The van der Waals surface area contributed by atoms with E-state index in [2.05, 4.69) is 0 Å². The van der Waals surface area contributed by atoms with E-state index in [1.807, 2.05) is 30.3 Å². The van der Waals surface area contributed by atoms with Gasteiger partial charge in [-0.15, -0.1) is 0 Å². The largest absolute Gasteiger partial charge is 0.345 e. The lowest BCUT2D eigenvalue weighted by molar-refractivity contribution is -0.129. The van der Waals surface area contributed by atoms with Gasteiger partial charge in [-0.25, -0.2) is 0 Å². The summed E-state index contributed by atoms with van der Waals surface area (Å²) in [5, 5.41) is 9.13. The molecular formula is C13H15ClN2O. The molecule has 0 heterocycles. The Morgan fingerprint density at radius 3 is 2.65 bits per heavy atom. The van der Waals surface area contributed by atoms with Crippen LogP contribution in [0.2, 0.25) is 5.02 Å². The van der Waals surface area contributed by atoms with Gasteiger partial charge in [-0.3, -0.25) is 4.79 Å². The molecule has 0 aromatic heterocycles. The van der Waals surface area contributed by atoms with Crippen molar-refractivity contribution in [2.45, 2.75) is 19.3 Å². The maximum atomic E-state index is 11.7. The molecule has 0 unspecified atom stereocenters. The number of amides is 1. The van der Waals surface area contributed by atoms with Crippen molar-refractivity contribution in [2.24, 2.45) is 0 Å². The molecule has 0 radical (unpaired) electrons. The summed E-state index contributed by atoms with van der Waals surface area (Å²) in [6.45, 7) is 0.496. The van der Waals surface area contributed by atoms with Gasteiger partial charge in [0.25, 0.3) is 0 Å². The van der Waals surface area contributed by atoms with Crippen molar-refractivity contribution in [1.82, 2.24) is 4.90 Å². The number of nitrogens with zero attached hydrogens (tertiary/aromatic N) is 2. The molecule has 0 bridgehead atoms. The fraction of sp³-hybridized carbons (Fsp3) is 0.385. The van der Waals surface area contributed by atoms with Gasteiger partial charge >= 0.3 is 0 Å². The van der Waals surface area contributed by atoms with Crippen LogP contribution in [0.25, 0.3) is 0 Å². The summed E-state index contributed by atoms with van der Waals surface area (Å²) in [7, 11) is 1.72. The fourth-order valence-corrected chi connectivity index (χ4v) is 1.56. The van der Waals surface area contributed by atoms with Gasteiger partial charge in [0.1, 0.15) is 0 Å². The molecule has 1 amide bonds. The predicted octanol–water partition coefficient (Wildman–Crippen LogP) is 2.64. The van der Waals surface area contributed by atoms with Crippen LogP contribution in [0.15, 0.2) is 24.3 Å². The van der Waals surface area contributed by atoms with Crippen LogP contribution in [-0.4, -0.2) is 24.4 Å². The summed E-state index contributed by atoms with van der Waals surface area (Å²) in [5.74, 6) is 0.0650. The number of hydrogen-bond donors (Lipinski definition) is 0. The first-order valence-electron chi connectivity index (χ1n) is 5.49. The van der Waals surface area contributed by atoms with Crippen LogP contribution in [-0.2, 0) is 11.2 Å². The van der Waals surface area contributed by atoms with Crippen molar-refractivity contribution >= 4 is 17.5 Å². The quantitative estimate of drug-likeness (QED) is 0.806. The first-order chi connectivity index (χ1) is 8.13. The first kappa shape index (κ1) is 13.5. The predicted molar refractivity (Wildman–Crippen MR) is 67.6 cm³/mol. The molecule has 1 aromatic rings. The minimum Gasteiger partial charge on any atom is -0.345 e. The van der Waals surface area contributed by atoms with Crippen LogP contribution in [0.5, 0.6) is 0 Å². The van der Waals surface area contributed by atoms with Gasteiger partial charge in [0.15, 0.2) is 0 Å². The third-order valence-corrected chi connectivity index (χ3v) is 2.78. The number of aryl methyl sites for hydroxylation is 1. The molecule has 4 heteroatoms. The number of hydrogen-bond acceptors (Lipinski definition) is 2. The summed E-state index contributed by atoms with van der Waals surface area (Å²) in [6.07, 6.45) is 1.54. The van der Waals surface area contributed by atoms with E-state index in [1.165, 1.54) is 0 Å². The van der Waals surface area contributed by atoms with Gasteiger partial charge in [0.2, 0.25) is 5.91 Å². The number of nitriles is 1. The summed E-state index contributed by atoms with van der Waals surface area (Å²) in [5.41, 5.74) is 1.09. The zero-order valence-electron chi connectivity index (χ0n) is 9.82. The minimum atomic E-state index is 0.0650. The van der Waals surface area contributed by atoms with Crippen molar-refractivity contribution in [3.63, 3.8) is 0 Å². The second-order valence-electron chi connectivity index (χ2n) is 3.85. The summed E-state index contributed by atoms with van der Waals surface area (Å²) < 4.78 is 0. The summed E-state index contributed by atoms with van der Waals surface area (Å²) in [4.78, 5) is 13.3. The van der Waals surface area contributed by atoms with Gasteiger partial charge in [-0.05, 0) is 24.1 Å². The Morgan fingerprint density at radius 1 is 1.41 bits per heavy atom. The molecule has 0 fully saturated rings. The summed E-state index contributed by atoms with van der Waals surface area (Å²) in [6, 6.07) is 9.51. The molecule has 17 heavy (non-hydrogen) atoms. The van der Waals surface area contributed by atoms with E-state index in [4.69, 9.17) is 16.9 Å². The second-order valence-corrected chi connectivity index (χ2v) is 4.29. The van der Waals surface area contributed by atoms with Gasteiger partial charge in [0.05, 0.1) is 12.5 Å². The standard InChI is InChI=1S/C13H15ClN2O/c1-16(10-2-9-15)13(17)8-5-11-3-6-12(14)7-4-11/h3-4,6-7H,2,5,8,10H2,1H3. The van der Waals surface area contributed by atoms with Gasteiger partial charge in [0, 0.05) is 25.0 Å². The molecule has 0 N–H and O–H groups in total. The molecule has 90 valence electrons. The van der Waals surface area contributed by atoms with E-state index >= 15 is 0 Å². The van der Waals surface area contributed by atoms with E-state index in [1.54, 1.807) is 11.9 Å². The average Bonchev–Trinajstić information content (AvgIpc) is 2.34. The maximum Gasteiger partial charge on any atom is 0.222 e. The lowest BCUT2D eigenvalue weighted by Gasteiger charge is -2.15. The zero-order valence-corrected chi connectivity index (χ0v) is 10.6. The second kappa shape index (κ2) is 6.93. The summed E-state index contributed by atoms with van der Waals surface area (Å²) >= 11 is 5.78. The van der Waals surface area contributed by atoms with Crippen molar-refractivity contribution in [3.8, 4) is 6.07 Å². The molecule has 0 saturated heterocycles. The highest BCUT2D eigenvalue weighted by Gasteiger charge is 2.08. The Morgan fingerprint density at radius 2 is 2.06 bits per heavy atom. The van der Waals surface area contributed by atoms with Crippen LogP contribution in [0.3, 0.4) is 0 Å². The van der Waals surface area contributed by atoms with Crippen LogP contribution in [0, 0.1) is 11.3 Å². The Bertz CT molecular complexity index is 408. The molecule has 1 aromatic carbocycles. The fourth-order valence-electron chi connectivity index (χ4n) is 1.44. The number of halogens is 1. The monoisotopic (exact) mass is 250 g/mol. The van der Waals surface area contributed by atoms with Crippen LogP contribution in [0.4, 0.5) is 0 Å². The van der Waals surface area contributed by atoms with E-state index in [9.17, 15) is 4.79 Å². The highest BCUT2D eigenvalue weighted by molar-refractivity contribution is 6.30. The Balaban J connectivity index is 2.37. The normalized spacial score (nSPS) is 9.71. The SMILES string of the molecule is CN(CCC#N)C(=O)CCc1ccc(Cl)cc1. The first-order valence-corrected chi connectivity index (χ1v) is 5.86. The Labute approximate surface area is 107 Å². The van der Waals surface area contributed by atoms with Crippen LogP contribution < -0.4 is 0 Å². The Kier molecular flexibility index (Phi) is 5.51. The molecule has 1 rings (SSSR count). The van der Waals surface area contributed by atoms with Crippen LogP contribution in [0.1, 0.15) is 18.4 Å². The third-order valence-electron chi connectivity index (χ3n) is 2.53. The lowest BCUT2D eigenvalue weighted by atomic mass is 10.1. The molecule has 0 saturated carbocycles. The molecular weight excluding hydrogens is 236 g/mol. The molecule has 0 spiro atoms. The molecule has 0 atom stereocenters. The van der Waals surface area contributed by atoms with Crippen molar-refractivity contribution < 1.29 is 4.79 Å². The number of carbonyl (C=O) groups excluding carboxylic acids is 1.